The molecular formula is C11H13BrFN3O3S. The lowest BCUT2D eigenvalue weighted by Gasteiger charge is -2.13. The van der Waals surface area contributed by atoms with Gasteiger partial charge in [0.2, 0.25) is 15.9 Å². The summed E-state index contributed by atoms with van der Waals surface area (Å²) in [7, 11) is -4.01. The molecular weight excluding hydrogens is 353 g/mol. The van der Waals surface area contributed by atoms with Gasteiger partial charge in [-0.15, -0.1) is 0 Å². The summed E-state index contributed by atoms with van der Waals surface area (Å²) in [5.41, 5.74) is 5.69. The Labute approximate surface area is 124 Å². The lowest BCUT2D eigenvalue weighted by atomic mass is 10.2. The fourth-order valence-electron chi connectivity index (χ4n) is 1.87. The van der Waals surface area contributed by atoms with Crippen molar-refractivity contribution in [3.05, 3.63) is 22.4 Å². The number of hydrogen-bond acceptors (Lipinski definition) is 4. The second-order valence-electron chi connectivity index (χ2n) is 4.46. The number of halogens is 2. The van der Waals surface area contributed by atoms with Crippen LogP contribution in [0.15, 0.2) is 21.5 Å². The van der Waals surface area contributed by atoms with Crippen molar-refractivity contribution in [1.82, 2.24) is 10.0 Å². The van der Waals surface area contributed by atoms with Crippen LogP contribution < -0.4 is 15.8 Å². The Morgan fingerprint density at radius 3 is 2.80 bits per heavy atom. The summed E-state index contributed by atoms with van der Waals surface area (Å²) in [6.45, 7) is 0.0173. The molecule has 4 N–H and O–H groups in total. The lowest BCUT2D eigenvalue weighted by molar-refractivity contribution is -0.119. The summed E-state index contributed by atoms with van der Waals surface area (Å²) in [5, 5.41) is 2.62. The highest BCUT2D eigenvalue weighted by molar-refractivity contribution is 9.10. The maximum Gasteiger partial charge on any atom is 0.243 e. The maximum atomic E-state index is 13.7. The van der Waals surface area contributed by atoms with Crippen molar-refractivity contribution in [2.45, 2.75) is 23.8 Å². The average molecular weight is 366 g/mol. The topological polar surface area (TPSA) is 101 Å². The molecule has 1 atom stereocenters. The van der Waals surface area contributed by atoms with E-state index in [2.05, 4.69) is 26.0 Å². The lowest BCUT2D eigenvalue weighted by Crippen LogP contribution is -2.38. The summed E-state index contributed by atoms with van der Waals surface area (Å²) in [5.74, 6) is -1.01. The molecule has 1 unspecified atom stereocenters. The number of nitrogens with one attached hydrogen (secondary N) is 2. The zero-order valence-electron chi connectivity index (χ0n) is 10.3. The first-order valence-electron chi connectivity index (χ1n) is 5.83. The van der Waals surface area contributed by atoms with E-state index in [-0.39, 0.29) is 28.7 Å². The van der Waals surface area contributed by atoms with Gasteiger partial charge in [-0.05, 0) is 34.5 Å². The zero-order valence-corrected chi connectivity index (χ0v) is 12.7. The van der Waals surface area contributed by atoms with Crippen molar-refractivity contribution < 1.29 is 17.6 Å². The van der Waals surface area contributed by atoms with Crippen LogP contribution in [-0.2, 0) is 14.8 Å². The Hall–Kier alpha value is -1.19. The third-order valence-corrected chi connectivity index (χ3v) is 5.07. The number of carbonyl (C=O) groups is 1. The van der Waals surface area contributed by atoms with Crippen molar-refractivity contribution in [3.8, 4) is 0 Å². The van der Waals surface area contributed by atoms with Crippen molar-refractivity contribution in [2.75, 3.05) is 12.3 Å². The van der Waals surface area contributed by atoms with Gasteiger partial charge in [-0.1, -0.05) is 0 Å². The van der Waals surface area contributed by atoms with Crippen molar-refractivity contribution >= 4 is 37.5 Å². The van der Waals surface area contributed by atoms with Crippen LogP contribution in [0.4, 0.5) is 10.1 Å². The molecule has 1 aromatic carbocycles. The summed E-state index contributed by atoms with van der Waals surface area (Å²) < 4.78 is 40.3. The van der Waals surface area contributed by atoms with Crippen LogP contribution in [0, 0.1) is 5.82 Å². The molecule has 20 heavy (non-hydrogen) atoms. The first kappa shape index (κ1) is 15.2. The third kappa shape index (κ3) is 3.28. The van der Waals surface area contributed by atoms with E-state index in [9.17, 15) is 17.6 Å². The number of anilines is 1. The predicted octanol–water partition coefficient (Wildman–Crippen LogP) is 0.727. The minimum Gasteiger partial charge on any atom is -0.398 e. The second kappa shape index (κ2) is 5.66. The van der Waals surface area contributed by atoms with Gasteiger partial charge >= 0.3 is 0 Å². The number of benzene rings is 1. The normalized spacial score (nSPS) is 19.1. The fraction of sp³-hybridized carbons (Fsp3) is 0.364. The van der Waals surface area contributed by atoms with Crippen LogP contribution in [0.25, 0.3) is 0 Å². The molecule has 0 saturated carbocycles. The highest BCUT2D eigenvalue weighted by Gasteiger charge is 2.25. The molecule has 1 aromatic rings. The number of nitrogens with two attached hydrogens (primary N) is 1. The van der Waals surface area contributed by atoms with E-state index in [4.69, 9.17) is 5.73 Å². The molecule has 0 radical (unpaired) electrons. The molecule has 9 heteroatoms. The number of carbonyl (C=O) groups excluding carboxylic acids is 1. The van der Waals surface area contributed by atoms with E-state index in [1.165, 1.54) is 0 Å². The van der Waals surface area contributed by atoms with Crippen molar-refractivity contribution in [1.29, 1.82) is 0 Å². The van der Waals surface area contributed by atoms with Gasteiger partial charge in [-0.2, -0.15) is 0 Å². The Balaban J connectivity index is 2.14. The van der Waals surface area contributed by atoms with Gasteiger partial charge in [0, 0.05) is 29.2 Å². The molecule has 6 nitrogen and oxygen atoms in total. The van der Waals surface area contributed by atoms with E-state index in [0.717, 1.165) is 12.1 Å². The second-order valence-corrected chi connectivity index (χ2v) is 7.05. The van der Waals surface area contributed by atoms with Crippen LogP contribution >= 0.6 is 15.9 Å². The molecule has 1 amide bonds. The molecule has 0 aromatic heterocycles. The predicted molar refractivity (Wildman–Crippen MR) is 74.9 cm³/mol. The molecule has 1 heterocycles. The molecule has 1 fully saturated rings. The molecule has 1 aliphatic rings. The summed E-state index contributed by atoms with van der Waals surface area (Å²) in [6.07, 6.45) is 0.915. The van der Waals surface area contributed by atoms with Crippen LogP contribution in [-0.4, -0.2) is 26.9 Å². The minimum atomic E-state index is -4.01. The Morgan fingerprint density at radius 1 is 1.50 bits per heavy atom. The summed E-state index contributed by atoms with van der Waals surface area (Å²) in [6, 6.07) is 1.78. The SMILES string of the molecule is Nc1cc(S(=O)(=O)NCC2CCC(=O)N2)c(F)cc1Br. The third-order valence-electron chi connectivity index (χ3n) is 2.95. The molecule has 1 saturated heterocycles. The van der Waals surface area contributed by atoms with Gasteiger partial charge in [-0.3, -0.25) is 4.79 Å². The fourth-order valence-corrected chi connectivity index (χ4v) is 3.36. The van der Waals surface area contributed by atoms with Gasteiger partial charge < -0.3 is 11.1 Å². The van der Waals surface area contributed by atoms with Gasteiger partial charge in [0.1, 0.15) is 10.7 Å². The Kier molecular flexibility index (Phi) is 4.31. The number of rotatable bonds is 4. The smallest absolute Gasteiger partial charge is 0.243 e. The quantitative estimate of drug-likeness (QED) is 0.684. The monoisotopic (exact) mass is 365 g/mol. The highest BCUT2D eigenvalue weighted by atomic mass is 79.9. The minimum absolute atomic E-state index is 0.0173. The summed E-state index contributed by atoms with van der Waals surface area (Å²) >= 11 is 3.02. The van der Waals surface area contributed by atoms with Gasteiger partial charge in [0.15, 0.2) is 0 Å². The van der Waals surface area contributed by atoms with Crippen molar-refractivity contribution in [2.24, 2.45) is 0 Å². The van der Waals surface area contributed by atoms with Crippen LogP contribution in [0.1, 0.15) is 12.8 Å². The summed E-state index contributed by atoms with van der Waals surface area (Å²) in [4.78, 5) is 10.5. The maximum absolute atomic E-state index is 13.7. The number of nitrogen functional groups attached to an aromatic ring is 1. The molecule has 2 rings (SSSR count). The number of sulfonamides is 1. The molecule has 0 aliphatic carbocycles. The molecule has 0 spiro atoms. The first-order chi connectivity index (χ1) is 9.29. The van der Waals surface area contributed by atoms with E-state index in [0.29, 0.717) is 12.8 Å². The van der Waals surface area contributed by atoms with Crippen LogP contribution in [0.3, 0.4) is 0 Å². The largest absolute Gasteiger partial charge is 0.398 e. The van der Waals surface area contributed by atoms with Gasteiger partial charge in [0.25, 0.3) is 0 Å². The van der Waals surface area contributed by atoms with Crippen LogP contribution in [0.2, 0.25) is 0 Å². The van der Waals surface area contributed by atoms with E-state index >= 15 is 0 Å². The first-order valence-corrected chi connectivity index (χ1v) is 8.11. The standard InChI is InChI=1S/C11H13BrFN3O3S/c12-7-3-8(13)10(4-9(7)14)20(18,19)15-5-6-1-2-11(17)16-6/h3-4,6,15H,1-2,5,14H2,(H,16,17). The van der Waals surface area contributed by atoms with Crippen LogP contribution in [0.5, 0.6) is 0 Å². The molecule has 0 bridgehead atoms. The highest BCUT2D eigenvalue weighted by Crippen LogP contribution is 2.26. The average Bonchev–Trinajstić information content (AvgIpc) is 2.77. The van der Waals surface area contributed by atoms with Gasteiger partial charge in [-0.25, -0.2) is 17.5 Å². The number of hydrogen-bond donors (Lipinski definition) is 3. The number of amides is 1. The Bertz CT molecular complexity index is 651. The van der Waals surface area contributed by atoms with Gasteiger partial charge in [0.05, 0.1) is 0 Å². The molecule has 1 aliphatic heterocycles. The van der Waals surface area contributed by atoms with Crippen molar-refractivity contribution in [3.63, 3.8) is 0 Å². The Morgan fingerprint density at radius 2 is 2.20 bits per heavy atom. The molecule has 110 valence electrons. The zero-order chi connectivity index (χ0) is 14.9. The van der Waals surface area contributed by atoms with E-state index in [1.807, 2.05) is 0 Å². The van der Waals surface area contributed by atoms with E-state index in [1.54, 1.807) is 0 Å². The van der Waals surface area contributed by atoms with E-state index < -0.39 is 20.7 Å².